The lowest BCUT2D eigenvalue weighted by molar-refractivity contribution is -0.107. The fraction of sp³-hybridized carbons (Fsp3) is 0. The number of carbonyl (C=O) groups excluding carboxylic acids is 2. The predicted molar refractivity (Wildman–Crippen MR) is 81.4 cm³/mol. The van der Waals surface area contributed by atoms with Gasteiger partial charge < -0.3 is 0 Å². The molecule has 20 heavy (non-hydrogen) atoms. The fourth-order valence-electron chi connectivity index (χ4n) is 2.52. The van der Waals surface area contributed by atoms with Gasteiger partial charge in [-0.3, -0.25) is 9.59 Å². The molecular formula is C16H8O2S2. The molecule has 2 heterocycles. The van der Waals surface area contributed by atoms with Gasteiger partial charge in [-0.25, -0.2) is 0 Å². The van der Waals surface area contributed by atoms with Crippen LogP contribution in [-0.2, 0) is 9.59 Å². The van der Waals surface area contributed by atoms with Crippen molar-refractivity contribution in [3.05, 3.63) is 59.7 Å². The van der Waals surface area contributed by atoms with Crippen LogP contribution in [0.3, 0.4) is 0 Å². The van der Waals surface area contributed by atoms with Gasteiger partial charge in [0.05, 0.1) is 0 Å². The Bertz CT molecular complexity index is 738. The van der Waals surface area contributed by atoms with Crippen molar-refractivity contribution in [1.29, 1.82) is 0 Å². The molecule has 96 valence electrons. The van der Waals surface area contributed by atoms with Gasteiger partial charge in [0.2, 0.25) is 10.2 Å². The first kappa shape index (κ1) is 12.0. The van der Waals surface area contributed by atoms with E-state index in [0.717, 1.165) is 20.9 Å². The smallest absolute Gasteiger partial charge is 0.225 e. The van der Waals surface area contributed by atoms with Crippen LogP contribution < -0.4 is 0 Å². The third-order valence-corrected chi connectivity index (χ3v) is 5.31. The molecule has 0 unspecified atom stereocenters. The molecule has 0 N–H and O–H groups in total. The molecule has 2 aromatic rings. The number of benzene rings is 2. The Kier molecular flexibility index (Phi) is 2.62. The Morgan fingerprint density at radius 2 is 1.00 bits per heavy atom. The van der Waals surface area contributed by atoms with Crippen LogP contribution >= 0.6 is 23.5 Å². The Balaban J connectivity index is 2.05. The summed E-state index contributed by atoms with van der Waals surface area (Å²) >= 11 is 2.41. The number of hydrogen-bond acceptors (Lipinski definition) is 4. The molecule has 0 atom stereocenters. The van der Waals surface area contributed by atoms with Crippen LogP contribution in [0.25, 0.3) is 11.1 Å². The van der Waals surface area contributed by atoms with Crippen LogP contribution in [0.15, 0.2) is 58.3 Å². The first-order valence-electron chi connectivity index (χ1n) is 6.13. The van der Waals surface area contributed by atoms with Crippen molar-refractivity contribution >= 4 is 44.9 Å². The van der Waals surface area contributed by atoms with E-state index in [1.807, 2.05) is 48.5 Å². The van der Waals surface area contributed by atoms with Gasteiger partial charge in [-0.15, -0.1) is 0 Å². The largest absolute Gasteiger partial charge is 0.281 e. The Morgan fingerprint density at radius 1 is 0.600 bits per heavy atom. The molecule has 0 aromatic heterocycles. The summed E-state index contributed by atoms with van der Waals surface area (Å²) in [5.74, 6) is 0. The minimum absolute atomic E-state index is 0.0353. The summed E-state index contributed by atoms with van der Waals surface area (Å²) in [7, 11) is 0. The summed E-state index contributed by atoms with van der Waals surface area (Å²) in [5, 5.41) is -0.0706. The lowest BCUT2D eigenvalue weighted by atomic mass is 9.96. The van der Waals surface area contributed by atoms with Crippen molar-refractivity contribution in [2.24, 2.45) is 0 Å². The zero-order chi connectivity index (χ0) is 13.7. The van der Waals surface area contributed by atoms with Gasteiger partial charge in [0.1, 0.15) is 0 Å². The summed E-state index contributed by atoms with van der Waals surface area (Å²) < 4.78 is 0. The second-order valence-electron chi connectivity index (χ2n) is 4.52. The molecule has 0 aliphatic carbocycles. The van der Waals surface area contributed by atoms with E-state index in [4.69, 9.17) is 0 Å². The molecule has 2 aliphatic rings. The highest BCUT2D eigenvalue weighted by atomic mass is 32.2. The summed E-state index contributed by atoms with van der Waals surface area (Å²) in [6.07, 6.45) is 0. The van der Waals surface area contributed by atoms with Crippen molar-refractivity contribution < 1.29 is 9.59 Å². The minimum Gasteiger partial charge on any atom is -0.281 e. The molecule has 0 spiro atoms. The van der Waals surface area contributed by atoms with Crippen LogP contribution in [0.4, 0.5) is 0 Å². The average molecular weight is 296 g/mol. The maximum Gasteiger partial charge on any atom is 0.225 e. The van der Waals surface area contributed by atoms with Crippen molar-refractivity contribution in [2.75, 3.05) is 0 Å². The second-order valence-corrected chi connectivity index (χ2v) is 6.55. The van der Waals surface area contributed by atoms with Crippen molar-refractivity contribution in [3.8, 4) is 0 Å². The van der Waals surface area contributed by atoms with E-state index >= 15 is 0 Å². The van der Waals surface area contributed by atoms with Crippen molar-refractivity contribution in [2.45, 2.75) is 9.79 Å². The Morgan fingerprint density at radius 3 is 1.45 bits per heavy atom. The maximum atomic E-state index is 12.3. The molecule has 2 aromatic carbocycles. The quantitative estimate of drug-likeness (QED) is 0.691. The number of fused-ring (bicyclic) bond motifs is 2. The van der Waals surface area contributed by atoms with Gasteiger partial charge in [0, 0.05) is 32.1 Å². The molecule has 0 saturated carbocycles. The summed E-state index contributed by atoms with van der Waals surface area (Å²) in [6.45, 7) is 0. The number of rotatable bonds is 0. The zero-order valence-corrected chi connectivity index (χ0v) is 11.9. The van der Waals surface area contributed by atoms with Gasteiger partial charge in [-0.2, -0.15) is 0 Å². The first-order chi connectivity index (χ1) is 9.75. The molecule has 0 fully saturated rings. The highest BCUT2D eigenvalue weighted by Crippen LogP contribution is 2.49. The van der Waals surface area contributed by atoms with Crippen molar-refractivity contribution in [1.82, 2.24) is 0 Å². The van der Waals surface area contributed by atoms with E-state index in [-0.39, 0.29) is 10.2 Å². The van der Waals surface area contributed by atoms with Gasteiger partial charge in [0.15, 0.2) is 0 Å². The predicted octanol–water partition coefficient (Wildman–Crippen LogP) is 3.86. The summed E-state index contributed by atoms with van der Waals surface area (Å²) in [6, 6.07) is 15.3. The van der Waals surface area contributed by atoms with E-state index in [2.05, 4.69) is 0 Å². The van der Waals surface area contributed by atoms with E-state index in [1.165, 1.54) is 23.5 Å². The lowest BCUT2D eigenvalue weighted by Gasteiger charge is -2.03. The van der Waals surface area contributed by atoms with Gasteiger partial charge in [-0.05, 0) is 35.7 Å². The number of thioether (sulfide) groups is 2. The van der Waals surface area contributed by atoms with E-state index in [0.29, 0.717) is 11.1 Å². The SMILES string of the molecule is O=C1Sc2ccccc2/C1=C1\C(=O)Sc2ccccc21. The minimum atomic E-state index is -0.0353. The Hall–Kier alpha value is -1.78. The standard InChI is InChI=1S/C16H8O2S2/c17-15-13(9-5-1-3-7-11(9)19-15)14-10-6-2-4-8-12(10)20-16(14)18/h1-8H/b14-13+. The van der Waals surface area contributed by atoms with Crippen molar-refractivity contribution in [3.63, 3.8) is 0 Å². The van der Waals surface area contributed by atoms with Crippen LogP contribution in [0, 0.1) is 0 Å². The highest BCUT2D eigenvalue weighted by molar-refractivity contribution is 8.16. The number of hydrogen-bond donors (Lipinski definition) is 0. The molecule has 4 rings (SSSR count). The summed E-state index contributed by atoms with van der Waals surface area (Å²) in [4.78, 5) is 26.5. The topological polar surface area (TPSA) is 34.1 Å². The lowest BCUT2D eigenvalue weighted by Crippen LogP contribution is -1.98. The van der Waals surface area contributed by atoms with Gasteiger partial charge in [0.25, 0.3) is 0 Å². The number of carbonyl (C=O) groups is 2. The van der Waals surface area contributed by atoms with Crippen LogP contribution in [0.5, 0.6) is 0 Å². The molecule has 2 aliphatic heterocycles. The van der Waals surface area contributed by atoms with Crippen LogP contribution in [0.2, 0.25) is 0 Å². The third-order valence-electron chi connectivity index (χ3n) is 3.38. The van der Waals surface area contributed by atoms with Crippen LogP contribution in [-0.4, -0.2) is 10.2 Å². The molecule has 4 heteroatoms. The maximum absolute atomic E-state index is 12.3. The summed E-state index contributed by atoms with van der Waals surface area (Å²) in [5.41, 5.74) is 2.88. The third kappa shape index (κ3) is 1.62. The fourth-order valence-corrected chi connectivity index (χ4v) is 4.40. The van der Waals surface area contributed by atoms with Gasteiger partial charge in [-0.1, -0.05) is 36.4 Å². The molecule has 0 saturated heterocycles. The highest BCUT2D eigenvalue weighted by Gasteiger charge is 2.35. The Labute approximate surface area is 124 Å². The van der Waals surface area contributed by atoms with E-state index in [1.54, 1.807) is 0 Å². The average Bonchev–Trinajstić information content (AvgIpc) is 2.94. The van der Waals surface area contributed by atoms with Crippen LogP contribution in [0.1, 0.15) is 11.1 Å². The molecular weight excluding hydrogens is 288 g/mol. The molecule has 0 amide bonds. The van der Waals surface area contributed by atoms with E-state index in [9.17, 15) is 9.59 Å². The zero-order valence-electron chi connectivity index (χ0n) is 10.3. The van der Waals surface area contributed by atoms with Gasteiger partial charge >= 0.3 is 0 Å². The molecule has 0 radical (unpaired) electrons. The molecule has 0 bridgehead atoms. The normalized spacial score (nSPS) is 20.2. The monoisotopic (exact) mass is 296 g/mol. The second kappa shape index (κ2) is 4.36. The molecule has 2 nitrogen and oxygen atoms in total. The first-order valence-corrected chi connectivity index (χ1v) is 7.76. The van der Waals surface area contributed by atoms with E-state index < -0.39 is 0 Å².